The first kappa shape index (κ1) is 13.2. The molecule has 0 saturated carbocycles. The van der Waals surface area contributed by atoms with Gasteiger partial charge in [-0.2, -0.15) is 13.2 Å². The zero-order chi connectivity index (χ0) is 13.4. The maximum atomic E-state index is 12.9. The van der Waals surface area contributed by atoms with Crippen LogP contribution in [0.25, 0.3) is 0 Å². The Bertz CT molecular complexity index is 436. The molecule has 1 saturated heterocycles. The molecule has 100 valence electrons. The monoisotopic (exact) mass is 260 g/mol. The van der Waals surface area contributed by atoms with Gasteiger partial charge >= 0.3 is 6.18 Å². The smallest absolute Gasteiger partial charge is 0.394 e. The Kier molecular flexibility index (Phi) is 3.25. The predicted molar refractivity (Wildman–Crippen MR) is 62.3 cm³/mol. The second-order valence-corrected chi connectivity index (χ2v) is 4.71. The summed E-state index contributed by atoms with van der Waals surface area (Å²) in [6, 6.07) is 5.43. The number of para-hydroxylation sites is 1. The molecular formula is C12H15F3N2O. The van der Waals surface area contributed by atoms with Gasteiger partial charge in [0.25, 0.3) is 0 Å². The third-order valence-corrected chi connectivity index (χ3v) is 3.25. The van der Waals surface area contributed by atoms with Gasteiger partial charge in [0.15, 0.2) is 0 Å². The SMILES string of the molecule is NC1(CO)CCN(c2ccccc2C(F)(F)F)C1. The molecule has 2 rings (SSSR count). The fourth-order valence-electron chi connectivity index (χ4n) is 2.22. The summed E-state index contributed by atoms with van der Waals surface area (Å²) >= 11 is 0. The molecular weight excluding hydrogens is 245 g/mol. The zero-order valence-electron chi connectivity index (χ0n) is 9.74. The molecule has 0 aromatic heterocycles. The normalized spacial score (nSPS) is 24.6. The summed E-state index contributed by atoms with van der Waals surface area (Å²) in [5.41, 5.74) is 4.54. The van der Waals surface area contributed by atoms with Gasteiger partial charge in [-0.05, 0) is 18.6 Å². The van der Waals surface area contributed by atoms with Gasteiger partial charge in [-0.25, -0.2) is 0 Å². The molecule has 3 nitrogen and oxygen atoms in total. The van der Waals surface area contributed by atoms with Crippen LogP contribution in [-0.2, 0) is 6.18 Å². The van der Waals surface area contributed by atoms with E-state index in [9.17, 15) is 13.2 Å². The van der Waals surface area contributed by atoms with Crippen molar-refractivity contribution in [2.45, 2.75) is 18.1 Å². The van der Waals surface area contributed by atoms with Crippen molar-refractivity contribution in [1.82, 2.24) is 0 Å². The Morgan fingerprint density at radius 2 is 2.00 bits per heavy atom. The maximum absolute atomic E-state index is 12.9. The molecule has 0 spiro atoms. The van der Waals surface area contributed by atoms with Gasteiger partial charge in [0.2, 0.25) is 0 Å². The van der Waals surface area contributed by atoms with E-state index in [0.717, 1.165) is 6.07 Å². The molecule has 6 heteroatoms. The van der Waals surface area contributed by atoms with E-state index in [1.165, 1.54) is 12.1 Å². The Morgan fingerprint density at radius 3 is 2.56 bits per heavy atom. The molecule has 0 radical (unpaired) electrons. The van der Waals surface area contributed by atoms with Crippen molar-refractivity contribution in [3.8, 4) is 0 Å². The number of aliphatic hydroxyl groups is 1. The third-order valence-electron chi connectivity index (χ3n) is 3.25. The largest absolute Gasteiger partial charge is 0.418 e. The van der Waals surface area contributed by atoms with E-state index in [1.54, 1.807) is 11.0 Å². The highest BCUT2D eigenvalue weighted by atomic mass is 19.4. The standard InChI is InChI=1S/C12H15F3N2O/c13-12(14,15)9-3-1-2-4-10(9)17-6-5-11(16,7-17)8-18/h1-4,18H,5-8,16H2. The predicted octanol–water partition coefficient (Wildman–Crippen LogP) is 1.61. The zero-order valence-corrected chi connectivity index (χ0v) is 9.74. The van der Waals surface area contributed by atoms with Crippen LogP contribution in [0.1, 0.15) is 12.0 Å². The van der Waals surface area contributed by atoms with Crippen LogP contribution in [0.3, 0.4) is 0 Å². The van der Waals surface area contributed by atoms with E-state index in [-0.39, 0.29) is 18.8 Å². The number of alkyl halides is 3. The van der Waals surface area contributed by atoms with Crippen LogP contribution < -0.4 is 10.6 Å². The lowest BCUT2D eigenvalue weighted by Gasteiger charge is -2.25. The van der Waals surface area contributed by atoms with Gasteiger partial charge < -0.3 is 15.7 Å². The van der Waals surface area contributed by atoms with E-state index in [1.807, 2.05) is 0 Å². The number of nitrogens with two attached hydrogens (primary N) is 1. The average Bonchev–Trinajstić information content (AvgIpc) is 2.72. The van der Waals surface area contributed by atoms with Crippen LogP contribution in [0.4, 0.5) is 18.9 Å². The summed E-state index contributed by atoms with van der Waals surface area (Å²) in [4.78, 5) is 1.58. The molecule has 0 aliphatic carbocycles. The highest BCUT2D eigenvalue weighted by molar-refractivity contribution is 5.56. The number of nitrogens with zero attached hydrogens (tertiary/aromatic N) is 1. The van der Waals surface area contributed by atoms with Gasteiger partial charge in [-0.1, -0.05) is 12.1 Å². The number of benzene rings is 1. The Hall–Kier alpha value is -1.27. The fourth-order valence-corrected chi connectivity index (χ4v) is 2.22. The molecule has 1 aromatic rings. The molecule has 1 unspecified atom stereocenters. The molecule has 1 heterocycles. The van der Waals surface area contributed by atoms with Crippen LogP contribution in [0.5, 0.6) is 0 Å². The van der Waals surface area contributed by atoms with E-state index in [4.69, 9.17) is 10.8 Å². The quantitative estimate of drug-likeness (QED) is 0.849. The van der Waals surface area contributed by atoms with Crippen molar-refractivity contribution in [2.75, 3.05) is 24.6 Å². The second-order valence-electron chi connectivity index (χ2n) is 4.71. The second kappa shape index (κ2) is 4.44. The van der Waals surface area contributed by atoms with Crippen molar-refractivity contribution in [3.05, 3.63) is 29.8 Å². The van der Waals surface area contributed by atoms with Gasteiger partial charge in [0.05, 0.1) is 17.7 Å². The van der Waals surface area contributed by atoms with Crippen molar-refractivity contribution < 1.29 is 18.3 Å². The topological polar surface area (TPSA) is 49.5 Å². The first-order valence-electron chi connectivity index (χ1n) is 5.67. The number of anilines is 1. The van der Waals surface area contributed by atoms with E-state index >= 15 is 0 Å². The lowest BCUT2D eigenvalue weighted by Crippen LogP contribution is -2.46. The number of halogens is 3. The Morgan fingerprint density at radius 1 is 1.33 bits per heavy atom. The fraction of sp³-hybridized carbons (Fsp3) is 0.500. The van der Waals surface area contributed by atoms with E-state index in [0.29, 0.717) is 13.0 Å². The summed E-state index contributed by atoms with van der Waals surface area (Å²) in [5.74, 6) is 0. The lowest BCUT2D eigenvalue weighted by molar-refractivity contribution is -0.137. The summed E-state index contributed by atoms with van der Waals surface area (Å²) < 4.78 is 38.6. The molecule has 18 heavy (non-hydrogen) atoms. The number of hydrogen-bond donors (Lipinski definition) is 2. The van der Waals surface area contributed by atoms with Crippen LogP contribution >= 0.6 is 0 Å². The number of rotatable bonds is 2. The highest BCUT2D eigenvalue weighted by Crippen LogP contribution is 2.38. The average molecular weight is 260 g/mol. The minimum absolute atomic E-state index is 0.130. The molecule has 1 fully saturated rings. The molecule has 1 atom stereocenters. The minimum atomic E-state index is -4.38. The van der Waals surface area contributed by atoms with Gasteiger partial charge in [0.1, 0.15) is 0 Å². The van der Waals surface area contributed by atoms with Crippen LogP contribution in [-0.4, -0.2) is 30.3 Å². The molecule has 1 aliphatic rings. The van der Waals surface area contributed by atoms with E-state index in [2.05, 4.69) is 0 Å². The van der Waals surface area contributed by atoms with Crippen molar-refractivity contribution in [1.29, 1.82) is 0 Å². The molecule has 0 amide bonds. The summed E-state index contributed by atoms with van der Waals surface area (Å²) in [5, 5.41) is 9.15. The summed E-state index contributed by atoms with van der Waals surface area (Å²) in [7, 11) is 0. The molecule has 3 N–H and O–H groups in total. The molecule has 1 aliphatic heterocycles. The summed E-state index contributed by atoms with van der Waals surface area (Å²) in [6.45, 7) is 0.429. The van der Waals surface area contributed by atoms with Gasteiger partial charge in [-0.3, -0.25) is 0 Å². The number of hydrogen-bond acceptors (Lipinski definition) is 3. The van der Waals surface area contributed by atoms with Crippen LogP contribution in [0.2, 0.25) is 0 Å². The van der Waals surface area contributed by atoms with Crippen LogP contribution in [0.15, 0.2) is 24.3 Å². The summed E-state index contributed by atoms with van der Waals surface area (Å²) in [6.07, 6.45) is -3.90. The minimum Gasteiger partial charge on any atom is -0.394 e. The molecule has 1 aromatic carbocycles. The van der Waals surface area contributed by atoms with Gasteiger partial charge in [0, 0.05) is 18.8 Å². The van der Waals surface area contributed by atoms with Gasteiger partial charge in [-0.15, -0.1) is 0 Å². The Labute approximate surface area is 103 Å². The first-order valence-corrected chi connectivity index (χ1v) is 5.67. The lowest BCUT2D eigenvalue weighted by atomic mass is 10.0. The van der Waals surface area contributed by atoms with E-state index < -0.39 is 17.3 Å². The maximum Gasteiger partial charge on any atom is 0.418 e. The highest BCUT2D eigenvalue weighted by Gasteiger charge is 2.39. The number of aliphatic hydroxyl groups excluding tert-OH is 1. The van der Waals surface area contributed by atoms with Crippen molar-refractivity contribution in [2.24, 2.45) is 5.73 Å². The van der Waals surface area contributed by atoms with Crippen LogP contribution in [0, 0.1) is 0 Å². The molecule has 0 bridgehead atoms. The third kappa shape index (κ3) is 2.44. The van der Waals surface area contributed by atoms with Crippen molar-refractivity contribution in [3.63, 3.8) is 0 Å². The Balaban J connectivity index is 2.31. The first-order chi connectivity index (χ1) is 8.36. The van der Waals surface area contributed by atoms with Crippen molar-refractivity contribution >= 4 is 5.69 Å².